The first kappa shape index (κ1) is 23.2. The predicted octanol–water partition coefficient (Wildman–Crippen LogP) is 1.36. The van der Waals surface area contributed by atoms with Crippen molar-refractivity contribution < 1.29 is 13.2 Å². The molecular formula is C13H30IN3O3S. The van der Waals surface area contributed by atoms with Gasteiger partial charge < -0.3 is 15.0 Å². The molecular weight excluding hydrogens is 405 g/mol. The van der Waals surface area contributed by atoms with Gasteiger partial charge in [0.05, 0.1) is 25.5 Å². The van der Waals surface area contributed by atoms with Crippen LogP contribution in [0.3, 0.4) is 0 Å². The Morgan fingerprint density at radius 2 is 1.95 bits per heavy atom. The van der Waals surface area contributed by atoms with E-state index >= 15 is 0 Å². The van der Waals surface area contributed by atoms with Crippen LogP contribution >= 0.6 is 24.0 Å². The molecule has 1 N–H and O–H groups in total. The third-order valence-corrected chi connectivity index (χ3v) is 3.55. The van der Waals surface area contributed by atoms with Gasteiger partial charge in [-0.05, 0) is 13.3 Å². The Balaban J connectivity index is 0. The Hall–Kier alpha value is -0.0900. The lowest BCUT2D eigenvalue weighted by Gasteiger charge is -2.21. The van der Waals surface area contributed by atoms with Crippen LogP contribution in [0.1, 0.15) is 26.7 Å². The number of rotatable bonds is 10. The molecule has 0 radical (unpaired) electrons. The number of ether oxygens (including phenoxy) is 1. The highest BCUT2D eigenvalue weighted by Gasteiger charge is 2.04. The van der Waals surface area contributed by atoms with E-state index in [1.165, 1.54) is 6.26 Å². The van der Waals surface area contributed by atoms with Crippen molar-refractivity contribution in [3.63, 3.8) is 0 Å². The second kappa shape index (κ2) is 13.6. The van der Waals surface area contributed by atoms with E-state index in [0.717, 1.165) is 31.9 Å². The van der Waals surface area contributed by atoms with Crippen LogP contribution in [0.15, 0.2) is 4.99 Å². The molecule has 0 aromatic rings. The summed E-state index contributed by atoms with van der Waals surface area (Å²) in [5.74, 6) is 0.931. The van der Waals surface area contributed by atoms with Crippen LogP contribution in [-0.4, -0.2) is 71.2 Å². The zero-order valence-electron chi connectivity index (χ0n) is 13.6. The van der Waals surface area contributed by atoms with E-state index in [0.29, 0.717) is 13.2 Å². The molecule has 0 rings (SSSR count). The topological polar surface area (TPSA) is 71.0 Å². The highest BCUT2D eigenvalue weighted by molar-refractivity contribution is 14.0. The van der Waals surface area contributed by atoms with Gasteiger partial charge in [-0.2, -0.15) is 0 Å². The van der Waals surface area contributed by atoms with Crippen molar-refractivity contribution in [1.29, 1.82) is 0 Å². The number of aliphatic imine (C=N–C) groups is 1. The minimum absolute atomic E-state index is 0. The molecule has 0 atom stereocenters. The first-order valence-electron chi connectivity index (χ1n) is 7.15. The second-order valence-electron chi connectivity index (χ2n) is 4.75. The number of halogens is 1. The molecule has 0 fully saturated rings. The molecule has 6 nitrogen and oxygen atoms in total. The van der Waals surface area contributed by atoms with Crippen molar-refractivity contribution in [1.82, 2.24) is 10.2 Å². The van der Waals surface area contributed by atoms with Crippen LogP contribution in [0.2, 0.25) is 0 Å². The molecule has 128 valence electrons. The van der Waals surface area contributed by atoms with E-state index < -0.39 is 9.84 Å². The average molecular weight is 435 g/mol. The van der Waals surface area contributed by atoms with Crippen LogP contribution in [0.4, 0.5) is 0 Å². The molecule has 0 aliphatic heterocycles. The molecule has 0 unspecified atom stereocenters. The van der Waals surface area contributed by atoms with E-state index in [1.54, 1.807) is 0 Å². The van der Waals surface area contributed by atoms with E-state index in [9.17, 15) is 8.42 Å². The first-order chi connectivity index (χ1) is 9.40. The standard InChI is InChI=1S/C13H29N3O3S.HI/c1-5-7-9-16(3)13(14-6-2)15-8-10-19-11-12-20(4,17)18;/h5-12H2,1-4H3,(H,14,15);1H. The van der Waals surface area contributed by atoms with Crippen molar-refractivity contribution in [3.8, 4) is 0 Å². The van der Waals surface area contributed by atoms with Gasteiger partial charge in [-0.3, -0.25) is 4.99 Å². The van der Waals surface area contributed by atoms with Crippen molar-refractivity contribution in [2.24, 2.45) is 4.99 Å². The third kappa shape index (κ3) is 14.6. The maximum absolute atomic E-state index is 10.9. The summed E-state index contributed by atoms with van der Waals surface area (Å²) in [7, 11) is -0.926. The number of unbranched alkanes of at least 4 members (excludes halogenated alkanes) is 1. The molecule has 0 aromatic carbocycles. The molecule has 0 aliphatic rings. The van der Waals surface area contributed by atoms with Crippen LogP contribution in [0, 0.1) is 0 Å². The molecule has 0 spiro atoms. The van der Waals surface area contributed by atoms with Gasteiger partial charge in [0.15, 0.2) is 5.96 Å². The van der Waals surface area contributed by atoms with Gasteiger partial charge in [-0.25, -0.2) is 8.42 Å². The van der Waals surface area contributed by atoms with E-state index in [1.807, 2.05) is 14.0 Å². The van der Waals surface area contributed by atoms with Gasteiger partial charge in [-0.1, -0.05) is 13.3 Å². The quantitative estimate of drug-likeness (QED) is 0.243. The predicted molar refractivity (Wildman–Crippen MR) is 99.5 cm³/mol. The number of hydrogen-bond acceptors (Lipinski definition) is 4. The van der Waals surface area contributed by atoms with Crippen molar-refractivity contribution in [2.75, 3.05) is 51.9 Å². The summed E-state index contributed by atoms with van der Waals surface area (Å²) < 4.78 is 27.1. The third-order valence-electron chi connectivity index (χ3n) is 2.64. The summed E-state index contributed by atoms with van der Waals surface area (Å²) >= 11 is 0. The molecule has 21 heavy (non-hydrogen) atoms. The van der Waals surface area contributed by atoms with Crippen molar-refractivity contribution in [3.05, 3.63) is 0 Å². The van der Waals surface area contributed by atoms with Gasteiger partial charge in [-0.15, -0.1) is 24.0 Å². The van der Waals surface area contributed by atoms with Crippen LogP contribution in [0.25, 0.3) is 0 Å². The van der Waals surface area contributed by atoms with Gasteiger partial charge in [0.25, 0.3) is 0 Å². The maximum atomic E-state index is 10.9. The molecule has 0 aromatic heterocycles. The molecule has 0 heterocycles. The van der Waals surface area contributed by atoms with Gasteiger partial charge in [0.1, 0.15) is 9.84 Å². The fourth-order valence-electron chi connectivity index (χ4n) is 1.50. The summed E-state index contributed by atoms with van der Waals surface area (Å²) in [4.78, 5) is 6.56. The van der Waals surface area contributed by atoms with E-state index in [-0.39, 0.29) is 36.3 Å². The van der Waals surface area contributed by atoms with Gasteiger partial charge >= 0.3 is 0 Å². The Morgan fingerprint density at radius 1 is 1.29 bits per heavy atom. The lowest BCUT2D eigenvalue weighted by atomic mass is 10.3. The average Bonchev–Trinajstić information content (AvgIpc) is 2.37. The molecule has 0 aliphatic carbocycles. The fraction of sp³-hybridized carbons (Fsp3) is 0.923. The van der Waals surface area contributed by atoms with Crippen LogP contribution in [0.5, 0.6) is 0 Å². The molecule has 0 saturated carbocycles. The van der Waals surface area contributed by atoms with Gasteiger partial charge in [0, 0.05) is 26.4 Å². The number of guanidine groups is 1. The van der Waals surface area contributed by atoms with Gasteiger partial charge in [0.2, 0.25) is 0 Å². The molecule has 0 bridgehead atoms. The summed E-state index contributed by atoms with van der Waals surface area (Å²) in [6.07, 6.45) is 3.49. The zero-order valence-corrected chi connectivity index (χ0v) is 16.7. The smallest absolute Gasteiger partial charge is 0.193 e. The van der Waals surface area contributed by atoms with Crippen LogP contribution in [-0.2, 0) is 14.6 Å². The van der Waals surface area contributed by atoms with Crippen molar-refractivity contribution in [2.45, 2.75) is 26.7 Å². The Kier molecular flexibility index (Phi) is 15.0. The number of sulfone groups is 1. The molecule has 0 saturated heterocycles. The SMILES string of the molecule is CCCCN(C)C(=NCCOCCS(C)(=O)=O)NCC.I. The highest BCUT2D eigenvalue weighted by atomic mass is 127. The maximum Gasteiger partial charge on any atom is 0.193 e. The van der Waals surface area contributed by atoms with E-state index in [2.05, 4.69) is 22.1 Å². The Bertz CT molecular complexity index is 375. The Labute approximate surface area is 146 Å². The highest BCUT2D eigenvalue weighted by Crippen LogP contribution is 1.93. The fourth-order valence-corrected chi connectivity index (χ4v) is 1.92. The Morgan fingerprint density at radius 3 is 2.48 bits per heavy atom. The lowest BCUT2D eigenvalue weighted by Crippen LogP contribution is -2.39. The largest absolute Gasteiger partial charge is 0.378 e. The lowest BCUT2D eigenvalue weighted by molar-refractivity contribution is 0.157. The normalized spacial score (nSPS) is 11.9. The van der Waals surface area contributed by atoms with Crippen molar-refractivity contribution >= 4 is 39.8 Å². The number of nitrogens with one attached hydrogen (secondary N) is 1. The summed E-state index contributed by atoms with van der Waals surface area (Å²) in [6, 6.07) is 0. The second-order valence-corrected chi connectivity index (χ2v) is 7.01. The summed E-state index contributed by atoms with van der Waals surface area (Å²) in [6.45, 7) is 7.19. The molecule has 8 heteroatoms. The minimum atomic E-state index is -2.94. The summed E-state index contributed by atoms with van der Waals surface area (Å²) in [5.41, 5.74) is 0. The zero-order chi connectivity index (χ0) is 15.4. The number of hydrogen-bond donors (Lipinski definition) is 1. The monoisotopic (exact) mass is 435 g/mol. The summed E-state index contributed by atoms with van der Waals surface area (Å²) in [5, 5.41) is 3.23. The van der Waals surface area contributed by atoms with E-state index in [4.69, 9.17) is 4.74 Å². The van der Waals surface area contributed by atoms with Crippen LogP contribution < -0.4 is 5.32 Å². The number of nitrogens with zero attached hydrogens (tertiary/aromatic N) is 2. The molecule has 0 amide bonds. The minimum Gasteiger partial charge on any atom is -0.378 e. The first-order valence-corrected chi connectivity index (χ1v) is 9.21.